The molecule has 0 atom stereocenters. The van der Waals surface area contributed by atoms with E-state index < -0.39 is 0 Å². The van der Waals surface area contributed by atoms with E-state index in [1.807, 2.05) is 18.2 Å². The average molecular weight is 252 g/mol. The normalized spacial score (nSPS) is 10.2. The van der Waals surface area contributed by atoms with Gasteiger partial charge in [0.25, 0.3) is 0 Å². The molecule has 1 nitrogen and oxygen atoms in total. The monoisotopic (exact) mass is 252 g/mol. The van der Waals surface area contributed by atoms with Gasteiger partial charge in [-0.15, -0.1) is 6.58 Å². The molecule has 2 aromatic carbocycles. The lowest BCUT2D eigenvalue weighted by Crippen LogP contribution is -1.97. The van der Waals surface area contributed by atoms with Crippen molar-refractivity contribution in [3.63, 3.8) is 0 Å². The molecule has 0 aromatic heterocycles. The van der Waals surface area contributed by atoms with Gasteiger partial charge in [0.05, 0.1) is 0 Å². The standard InChI is InChI=1S/C18H20O/c1-4-6-16-9-15(3)10-17(12-16)13-19-18-8-5-7-14(2)11-18/h4-5,7-12H,1,6,13H2,2-3H3. The van der Waals surface area contributed by atoms with E-state index in [0.717, 1.165) is 12.2 Å². The summed E-state index contributed by atoms with van der Waals surface area (Å²) in [6, 6.07) is 14.7. The first-order chi connectivity index (χ1) is 9.17. The van der Waals surface area contributed by atoms with Crippen LogP contribution < -0.4 is 4.74 Å². The number of hydrogen-bond acceptors (Lipinski definition) is 1. The number of ether oxygens (including phenoxy) is 1. The summed E-state index contributed by atoms with van der Waals surface area (Å²) in [5, 5.41) is 0. The van der Waals surface area contributed by atoms with Gasteiger partial charge >= 0.3 is 0 Å². The third kappa shape index (κ3) is 3.99. The second-order valence-electron chi connectivity index (χ2n) is 4.92. The summed E-state index contributed by atoms with van der Waals surface area (Å²) in [6.45, 7) is 8.58. The molecule has 0 fully saturated rings. The molecule has 0 amide bonds. The third-order valence-electron chi connectivity index (χ3n) is 2.97. The zero-order valence-corrected chi connectivity index (χ0v) is 11.6. The summed E-state index contributed by atoms with van der Waals surface area (Å²) in [5.74, 6) is 0.923. The largest absolute Gasteiger partial charge is 0.489 e. The van der Waals surface area contributed by atoms with Crippen LogP contribution in [0.3, 0.4) is 0 Å². The van der Waals surface area contributed by atoms with Crippen molar-refractivity contribution in [2.45, 2.75) is 26.9 Å². The van der Waals surface area contributed by atoms with Crippen molar-refractivity contribution in [2.75, 3.05) is 0 Å². The van der Waals surface area contributed by atoms with Crippen LogP contribution >= 0.6 is 0 Å². The molecule has 2 aromatic rings. The van der Waals surface area contributed by atoms with Gasteiger partial charge in [-0.3, -0.25) is 0 Å². The second kappa shape index (κ2) is 6.24. The van der Waals surface area contributed by atoms with E-state index in [1.54, 1.807) is 0 Å². The first-order valence-corrected chi connectivity index (χ1v) is 6.57. The van der Waals surface area contributed by atoms with Crippen LogP contribution in [0.25, 0.3) is 0 Å². The highest BCUT2D eigenvalue weighted by Gasteiger charge is 2.00. The first-order valence-electron chi connectivity index (χ1n) is 6.57. The molecule has 0 spiro atoms. The van der Waals surface area contributed by atoms with E-state index in [-0.39, 0.29) is 0 Å². The van der Waals surface area contributed by atoms with Gasteiger partial charge < -0.3 is 4.74 Å². The Kier molecular flexibility index (Phi) is 4.40. The summed E-state index contributed by atoms with van der Waals surface area (Å²) in [5.41, 5.74) is 4.98. The van der Waals surface area contributed by atoms with Crippen LogP contribution in [0, 0.1) is 13.8 Å². The highest BCUT2D eigenvalue weighted by atomic mass is 16.5. The van der Waals surface area contributed by atoms with Gasteiger partial charge in [0.1, 0.15) is 12.4 Å². The van der Waals surface area contributed by atoms with Crippen LogP contribution in [0.5, 0.6) is 5.75 Å². The maximum Gasteiger partial charge on any atom is 0.120 e. The average Bonchev–Trinajstić information content (AvgIpc) is 2.36. The lowest BCUT2D eigenvalue weighted by molar-refractivity contribution is 0.306. The molecule has 0 heterocycles. The Labute approximate surface area is 115 Å². The molecular weight excluding hydrogens is 232 g/mol. The van der Waals surface area contributed by atoms with Crippen molar-refractivity contribution in [2.24, 2.45) is 0 Å². The number of hydrogen-bond donors (Lipinski definition) is 0. The molecule has 0 aliphatic rings. The Bertz CT molecular complexity index is 570. The number of aryl methyl sites for hydroxylation is 2. The fourth-order valence-corrected chi connectivity index (χ4v) is 2.19. The van der Waals surface area contributed by atoms with E-state index in [1.165, 1.54) is 22.3 Å². The summed E-state index contributed by atoms with van der Waals surface area (Å²) in [7, 11) is 0. The molecule has 0 saturated carbocycles. The van der Waals surface area contributed by atoms with Gasteiger partial charge in [0.2, 0.25) is 0 Å². The van der Waals surface area contributed by atoms with Crippen molar-refractivity contribution >= 4 is 0 Å². The fourth-order valence-electron chi connectivity index (χ4n) is 2.19. The zero-order chi connectivity index (χ0) is 13.7. The van der Waals surface area contributed by atoms with Crippen LogP contribution in [-0.2, 0) is 13.0 Å². The second-order valence-corrected chi connectivity index (χ2v) is 4.92. The van der Waals surface area contributed by atoms with Crippen molar-refractivity contribution in [3.8, 4) is 5.75 Å². The number of allylic oxidation sites excluding steroid dienone is 1. The highest BCUT2D eigenvalue weighted by Crippen LogP contribution is 2.16. The van der Waals surface area contributed by atoms with Crippen LogP contribution in [0.1, 0.15) is 22.3 Å². The molecule has 98 valence electrons. The van der Waals surface area contributed by atoms with Gasteiger partial charge in [-0.1, -0.05) is 42.0 Å². The Hall–Kier alpha value is -2.02. The van der Waals surface area contributed by atoms with Crippen molar-refractivity contribution in [3.05, 3.63) is 77.4 Å². The minimum absolute atomic E-state index is 0.606. The Morgan fingerprint density at radius 3 is 2.53 bits per heavy atom. The Balaban J connectivity index is 2.08. The SMILES string of the molecule is C=CCc1cc(C)cc(COc2cccc(C)c2)c1. The summed E-state index contributed by atoms with van der Waals surface area (Å²) >= 11 is 0. The molecule has 0 saturated heterocycles. The highest BCUT2D eigenvalue weighted by molar-refractivity contribution is 5.31. The molecule has 2 rings (SSSR count). The number of benzene rings is 2. The van der Waals surface area contributed by atoms with Crippen molar-refractivity contribution < 1.29 is 4.74 Å². The van der Waals surface area contributed by atoms with Crippen LogP contribution in [-0.4, -0.2) is 0 Å². The molecule has 0 aliphatic carbocycles. The van der Waals surface area contributed by atoms with E-state index in [2.05, 4.69) is 50.8 Å². The summed E-state index contributed by atoms with van der Waals surface area (Å²) < 4.78 is 5.84. The number of rotatable bonds is 5. The summed E-state index contributed by atoms with van der Waals surface area (Å²) in [6.07, 6.45) is 2.83. The van der Waals surface area contributed by atoms with E-state index >= 15 is 0 Å². The molecule has 0 bridgehead atoms. The minimum atomic E-state index is 0.606. The Morgan fingerprint density at radius 1 is 1.00 bits per heavy atom. The molecule has 0 radical (unpaired) electrons. The van der Waals surface area contributed by atoms with Crippen molar-refractivity contribution in [1.82, 2.24) is 0 Å². The molecule has 0 unspecified atom stereocenters. The smallest absolute Gasteiger partial charge is 0.120 e. The predicted octanol–water partition coefficient (Wildman–Crippen LogP) is 4.61. The van der Waals surface area contributed by atoms with Crippen LogP contribution in [0.15, 0.2) is 55.1 Å². The fraction of sp³-hybridized carbons (Fsp3) is 0.222. The maximum atomic E-state index is 5.84. The van der Waals surface area contributed by atoms with E-state index in [4.69, 9.17) is 4.74 Å². The predicted molar refractivity (Wildman–Crippen MR) is 80.6 cm³/mol. The zero-order valence-electron chi connectivity index (χ0n) is 11.6. The molecule has 0 N–H and O–H groups in total. The van der Waals surface area contributed by atoms with E-state index in [9.17, 15) is 0 Å². The van der Waals surface area contributed by atoms with Gasteiger partial charge in [-0.2, -0.15) is 0 Å². The molecule has 19 heavy (non-hydrogen) atoms. The summed E-state index contributed by atoms with van der Waals surface area (Å²) in [4.78, 5) is 0. The topological polar surface area (TPSA) is 9.23 Å². The third-order valence-corrected chi connectivity index (χ3v) is 2.97. The quantitative estimate of drug-likeness (QED) is 0.706. The first kappa shape index (κ1) is 13.4. The minimum Gasteiger partial charge on any atom is -0.489 e. The molecular formula is C18H20O. The van der Waals surface area contributed by atoms with Gasteiger partial charge in [0, 0.05) is 0 Å². The molecule has 0 aliphatic heterocycles. The maximum absolute atomic E-state index is 5.84. The molecule has 1 heteroatoms. The van der Waals surface area contributed by atoms with Gasteiger partial charge in [-0.25, -0.2) is 0 Å². The van der Waals surface area contributed by atoms with E-state index in [0.29, 0.717) is 6.61 Å². The van der Waals surface area contributed by atoms with Crippen molar-refractivity contribution in [1.29, 1.82) is 0 Å². The van der Waals surface area contributed by atoms with Crippen LogP contribution in [0.4, 0.5) is 0 Å². The van der Waals surface area contributed by atoms with Crippen LogP contribution in [0.2, 0.25) is 0 Å². The van der Waals surface area contributed by atoms with Gasteiger partial charge in [0.15, 0.2) is 0 Å². The van der Waals surface area contributed by atoms with Gasteiger partial charge in [-0.05, 0) is 49.1 Å². The lowest BCUT2D eigenvalue weighted by Gasteiger charge is -2.09. The Morgan fingerprint density at radius 2 is 1.79 bits per heavy atom. The lowest BCUT2D eigenvalue weighted by atomic mass is 10.0.